The van der Waals surface area contributed by atoms with Gasteiger partial charge in [-0.1, -0.05) is 41.6 Å². The summed E-state index contributed by atoms with van der Waals surface area (Å²) in [7, 11) is 0. The lowest BCUT2D eigenvalue weighted by atomic mass is 10.2. The van der Waals surface area contributed by atoms with Gasteiger partial charge in [0, 0.05) is 21.8 Å². The van der Waals surface area contributed by atoms with Crippen molar-refractivity contribution < 1.29 is 14.0 Å². The highest BCUT2D eigenvalue weighted by molar-refractivity contribution is 7.99. The molecule has 4 aromatic rings. The van der Waals surface area contributed by atoms with Crippen LogP contribution in [0.25, 0.3) is 17.1 Å². The van der Waals surface area contributed by atoms with Crippen LogP contribution in [0.15, 0.2) is 84.0 Å². The fourth-order valence-corrected chi connectivity index (χ4v) is 3.80. The lowest BCUT2D eigenvalue weighted by Gasteiger charge is -2.11. The molecule has 0 bridgehead atoms. The van der Waals surface area contributed by atoms with Crippen LogP contribution in [0.3, 0.4) is 0 Å². The molecule has 33 heavy (non-hydrogen) atoms. The number of aromatic nitrogens is 3. The molecule has 2 N–H and O–H groups in total. The van der Waals surface area contributed by atoms with E-state index in [1.165, 1.54) is 36.0 Å². The molecular weight excluding hydrogens is 465 g/mol. The van der Waals surface area contributed by atoms with Crippen LogP contribution in [0.4, 0.5) is 4.39 Å². The molecule has 0 saturated carbocycles. The van der Waals surface area contributed by atoms with Crippen molar-refractivity contribution in [2.24, 2.45) is 0 Å². The van der Waals surface area contributed by atoms with Crippen LogP contribution in [-0.2, 0) is 4.79 Å². The van der Waals surface area contributed by atoms with E-state index in [2.05, 4.69) is 21.0 Å². The van der Waals surface area contributed by atoms with E-state index in [0.717, 1.165) is 11.3 Å². The summed E-state index contributed by atoms with van der Waals surface area (Å²) in [6.45, 7) is 0. The first-order chi connectivity index (χ1) is 16.0. The number of nitrogens with one attached hydrogen (secondary N) is 2. The van der Waals surface area contributed by atoms with Gasteiger partial charge in [0.25, 0.3) is 5.91 Å². The van der Waals surface area contributed by atoms with Gasteiger partial charge in [0.15, 0.2) is 11.0 Å². The number of amides is 2. The SMILES string of the molecule is O=C(CSc1nnc(-c2ccc(Cl)cc2)n1-c1ccccc1)NNC(=O)c1ccc(F)cc1. The van der Waals surface area contributed by atoms with Crippen LogP contribution in [0, 0.1) is 5.82 Å². The van der Waals surface area contributed by atoms with Gasteiger partial charge < -0.3 is 0 Å². The van der Waals surface area contributed by atoms with E-state index in [0.29, 0.717) is 16.0 Å². The van der Waals surface area contributed by atoms with Gasteiger partial charge in [-0.25, -0.2) is 4.39 Å². The summed E-state index contributed by atoms with van der Waals surface area (Å²) >= 11 is 7.17. The predicted octanol–water partition coefficient (Wildman–Crippen LogP) is 4.28. The second kappa shape index (κ2) is 10.3. The number of nitrogens with zero attached hydrogens (tertiary/aromatic N) is 3. The minimum Gasteiger partial charge on any atom is -0.272 e. The minimum atomic E-state index is -0.550. The molecule has 1 heterocycles. The zero-order chi connectivity index (χ0) is 23.2. The number of thioether (sulfide) groups is 1. The Morgan fingerprint density at radius 2 is 1.61 bits per heavy atom. The average molecular weight is 482 g/mol. The number of hydrogen-bond acceptors (Lipinski definition) is 5. The standard InChI is InChI=1S/C23H17ClFN5O2S/c24-17-10-6-15(7-11-17)21-27-29-23(30(21)19-4-2-1-3-5-19)33-14-20(31)26-28-22(32)16-8-12-18(25)13-9-16/h1-13H,14H2,(H,26,31)(H,28,32). The molecule has 0 radical (unpaired) electrons. The summed E-state index contributed by atoms with van der Waals surface area (Å²) in [4.78, 5) is 24.4. The average Bonchev–Trinajstić information content (AvgIpc) is 3.26. The first-order valence-electron chi connectivity index (χ1n) is 9.75. The predicted molar refractivity (Wildman–Crippen MR) is 125 cm³/mol. The van der Waals surface area contributed by atoms with E-state index < -0.39 is 17.6 Å². The van der Waals surface area contributed by atoms with Crippen LogP contribution < -0.4 is 10.9 Å². The van der Waals surface area contributed by atoms with E-state index in [-0.39, 0.29) is 11.3 Å². The number of halogens is 2. The van der Waals surface area contributed by atoms with Crippen LogP contribution in [0.5, 0.6) is 0 Å². The van der Waals surface area contributed by atoms with Crippen molar-refractivity contribution in [2.45, 2.75) is 5.16 Å². The number of carbonyl (C=O) groups excluding carboxylic acids is 2. The topological polar surface area (TPSA) is 88.9 Å². The van der Waals surface area contributed by atoms with Crippen molar-refractivity contribution in [1.82, 2.24) is 25.6 Å². The maximum Gasteiger partial charge on any atom is 0.269 e. The van der Waals surface area contributed by atoms with E-state index >= 15 is 0 Å². The monoisotopic (exact) mass is 481 g/mol. The molecule has 3 aromatic carbocycles. The van der Waals surface area contributed by atoms with Crippen LogP contribution in [0.2, 0.25) is 5.02 Å². The summed E-state index contributed by atoms with van der Waals surface area (Å²) in [5, 5.41) is 9.68. The quantitative estimate of drug-likeness (QED) is 0.317. The molecule has 0 aliphatic rings. The van der Waals surface area contributed by atoms with Crippen molar-refractivity contribution in [3.8, 4) is 17.1 Å². The second-order valence-corrected chi connectivity index (χ2v) is 8.16. The fourth-order valence-electron chi connectivity index (χ4n) is 2.93. The third-order valence-electron chi connectivity index (χ3n) is 4.50. The molecule has 0 unspecified atom stereocenters. The molecule has 2 amide bonds. The Balaban J connectivity index is 1.46. The Bertz CT molecular complexity index is 1260. The van der Waals surface area contributed by atoms with E-state index in [1.54, 1.807) is 12.1 Å². The molecule has 7 nitrogen and oxygen atoms in total. The van der Waals surface area contributed by atoms with Crippen LogP contribution in [-0.4, -0.2) is 32.3 Å². The van der Waals surface area contributed by atoms with Gasteiger partial charge in [-0.2, -0.15) is 0 Å². The molecule has 0 atom stereocenters. The maximum atomic E-state index is 13.0. The first-order valence-corrected chi connectivity index (χ1v) is 11.1. The smallest absolute Gasteiger partial charge is 0.269 e. The second-order valence-electron chi connectivity index (χ2n) is 6.78. The Labute approximate surface area is 198 Å². The third kappa shape index (κ3) is 5.57. The van der Waals surface area contributed by atoms with Crippen molar-refractivity contribution in [3.63, 3.8) is 0 Å². The Kier molecular flexibility index (Phi) is 7.01. The van der Waals surface area contributed by atoms with Crippen LogP contribution >= 0.6 is 23.4 Å². The largest absolute Gasteiger partial charge is 0.272 e. The molecule has 0 saturated heterocycles. The van der Waals surface area contributed by atoms with Gasteiger partial charge in [-0.15, -0.1) is 10.2 Å². The van der Waals surface area contributed by atoms with Crippen LogP contribution in [0.1, 0.15) is 10.4 Å². The Morgan fingerprint density at radius 1 is 0.909 bits per heavy atom. The summed E-state index contributed by atoms with van der Waals surface area (Å²) in [5.41, 5.74) is 6.53. The number of carbonyl (C=O) groups is 2. The van der Waals surface area contributed by atoms with Crippen molar-refractivity contribution >= 4 is 35.2 Å². The molecule has 0 aliphatic heterocycles. The van der Waals surface area contributed by atoms with E-state index in [1.807, 2.05) is 47.0 Å². The third-order valence-corrected chi connectivity index (χ3v) is 5.69. The molecule has 10 heteroatoms. The molecule has 0 spiro atoms. The molecule has 0 fully saturated rings. The fraction of sp³-hybridized carbons (Fsp3) is 0.0435. The number of hydrazine groups is 1. The number of rotatable bonds is 6. The number of para-hydroxylation sites is 1. The highest BCUT2D eigenvalue weighted by Crippen LogP contribution is 2.28. The number of hydrogen-bond donors (Lipinski definition) is 2. The Morgan fingerprint density at radius 3 is 2.30 bits per heavy atom. The minimum absolute atomic E-state index is 0.0186. The number of benzene rings is 3. The zero-order valence-corrected chi connectivity index (χ0v) is 18.6. The lowest BCUT2D eigenvalue weighted by Crippen LogP contribution is -2.42. The zero-order valence-electron chi connectivity index (χ0n) is 17.0. The summed E-state index contributed by atoms with van der Waals surface area (Å²) < 4.78 is 14.8. The van der Waals surface area contributed by atoms with Gasteiger partial charge >= 0.3 is 0 Å². The highest BCUT2D eigenvalue weighted by atomic mass is 35.5. The van der Waals surface area contributed by atoms with E-state index in [4.69, 9.17) is 11.6 Å². The summed E-state index contributed by atoms with van der Waals surface area (Å²) in [5.74, 6) is -0.857. The van der Waals surface area contributed by atoms with Gasteiger partial charge in [0.1, 0.15) is 5.82 Å². The molecule has 1 aromatic heterocycles. The maximum absolute atomic E-state index is 13.0. The highest BCUT2D eigenvalue weighted by Gasteiger charge is 2.17. The normalized spacial score (nSPS) is 10.6. The summed E-state index contributed by atoms with van der Waals surface area (Å²) in [6.07, 6.45) is 0. The van der Waals surface area contributed by atoms with Crippen molar-refractivity contribution in [3.05, 3.63) is 95.3 Å². The lowest BCUT2D eigenvalue weighted by molar-refractivity contribution is -0.119. The first kappa shape index (κ1) is 22.5. The molecule has 4 rings (SSSR count). The van der Waals surface area contributed by atoms with Crippen molar-refractivity contribution in [2.75, 3.05) is 5.75 Å². The molecule has 166 valence electrons. The van der Waals surface area contributed by atoms with Crippen molar-refractivity contribution in [1.29, 1.82) is 0 Å². The van der Waals surface area contributed by atoms with Gasteiger partial charge in [-0.3, -0.25) is 25.0 Å². The van der Waals surface area contributed by atoms with Gasteiger partial charge in [0.05, 0.1) is 5.75 Å². The molecular formula is C23H17ClFN5O2S. The van der Waals surface area contributed by atoms with Gasteiger partial charge in [-0.05, 0) is 60.7 Å². The van der Waals surface area contributed by atoms with E-state index in [9.17, 15) is 14.0 Å². The summed E-state index contributed by atoms with van der Waals surface area (Å²) in [6, 6.07) is 21.7. The molecule has 0 aliphatic carbocycles. The Hall–Kier alpha value is -3.69. The van der Waals surface area contributed by atoms with Gasteiger partial charge in [0.2, 0.25) is 5.91 Å².